The molecule has 2 heterocycles. The molecule has 170 valence electrons. The van der Waals surface area contributed by atoms with Crippen molar-refractivity contribution in [3.8, 4) is 17.4 Å². The van der Waals surface area contributed by atoms with Gasteiger partial charge in [0.15, 0.2) is 0 Å². The molecular formula is C24H25N5O3S. The Labute approximate surface area is 193 Å². The van der Waals surface area contributed by atoms with Crippen LogP contribution in [0.25, 0.3) is 5.82 Å². The molecule has 0 radical (unpaired) electrons. The van der Waals surface area contributed by atoms with E-state index in [0.717, 1.165) is 22.5 Å². The second-order valence-electron chi connectivity index (χ2n) is 7.93. The first kappa shape index (κ1) is 22.5. The number of hydrogen-bond donors (Lipinski definition) is 1. The lowest BCUT2D eigenvalue weighted by molar-refractivity contribution is 0.461. The number of imidazole rings is 1. The Balaban J connectivity index is 1.51. The van der Waals surface area contributed by atoms with Gasteiger partial charge in [0.2, 0.25) is 5.88 Å². The van der Waals surface area contributed by atoms with E-state index in [2.05, 4.69) is 19.7 Å². The number of hydrogen-bond acceptors (Lipinski definition) is 6. The van der Waals surface area contributed by atoms with Crippen molar-refractivity contribution in [2.45, 2.75) is 39.5 Å². The second kappa shape index (κ2) is 8.67. The predicted molar refractivity (Wildman–Crippen MR) is 127 cm³/mol. The molecule has 0 amide bonds. The number of sulfonamides is 1. The van der Waals surface area contributed by atoms with Gasteiger partial charge in [-0.2, -0.15) is 0 Å². The molecule has 8 nitrogen and oxygen atoms in total. The van der Waals surface area contributed by atoms with E-state index >= 15 is 0 Å². The zero-order valence-corrected chi connectivity index (χ0v) is 19.9. The van der Waals surface area contributed by atoms with Crippen LogP contribution in [0.2, 0.25) is 0 Å². The van der Waals surface area contributed by atoms with Crippen LogP contribution in [-0.4, -0.2) is 27.9 Å². The van der Waals surface area contributed by atoms with Gasteiger partial charge in [-0.1, -0.05) is 6.07 Å². The average Bonchev–Trinajstić information content (AvgIpc) is 3.10. The van der Waals surface area contributed by atoms with Crippen molar-refractivity contribution >= 4 is 15.7 Å². The first-order valence-corrected chi connectivity index (χ1v) is 11.8. The molecule has 4 rings (SSSR count). The first-order valence-electron chi connectivity index (χ1n) is 10.4. The molecule has 0 aliphatic carbocycles. The van der Waals surface area contributed by atoms with E-state index in [4.69, 9.17) is 4.74 Å². The van der Waals surface area contributed by atoms with Crippen LogP contribution in [0.3, 0.4) is 0 Å². The summed E-state index contributed by atoms with van der Waals surface area (Å²) in [6, 6.07) is 11.9. The van der Waals surface area contributed by atoms with E-state index in [0.29, 0.717) is 28.7 Å². The molecule has 0 fully saturated rings. The van der Waals surface area contributed by atoms with Crippen molar-refractivity contribution < 1.29 is 13.2 Å². The topological polar surface area (TPSA) is 99.0 Å². The van der Waals surface area contributed by atoms with Crippen molar-refractivity contribution in [2.24, 2.45) is 0 Å². The number of nitrogens with one attached hydrogen (secondary N) is 1. The fourth-order valence-electron chi connectivity index (χ4n) is 3.39. The molecule has 0 unspecified atom stereocenters. The summed E-state index contributed by atoms with van der Waals surface area (Å²) in [6.07, 6.45) is 3.13. The molecule has 0 atom stereocenters. The number of aryl methyl sites for hydroxylation is 4. The number of aromatic nitrogens is 4. The number of rotatable bonds is 6. The zero-order valence-electron chi connectivity index (χ0n) is 19.1. The smallest absolute Gasteiger partial charge is 0.262 e. The van der Waals surface area contributed by atoms with Crippen LogP contribution >= 0.6 is 0 Å². The van der Waals surface area contributed by atoms with Crippen molar-refractivity contribution in [1.29, 1.82) is 0 Å². The van der Waals surface area contributed by atoms with Crippen LogP contribution in [-0.2, 0) is 10.0 Å². The summed E-state index contributed by atoms with van der Waals surface area (Å²) in [4.78, 5) is 13.0. The van der Waals surface area contributed by atoms with Crippen LogP contribution < -0.4 is 9.46 Å². The monoisotopic (exact) mass is 463 g/mol. The Hall–Kier alpha value is -3.72. The van der Waals surface area contributed by atoms with Crippen molar-refractivity contribution in [3.05, 3.63) is 83.2 Å². The quantitative estimate of drug-likeness (QED) is 0.441. The van der Waals surface area contributed by atoms with Crippen molar-refractivity contribution in [3.63, 3.8) is 0 Å². The summed E-state index contributed by atoms with van der Waals surface area (Å²) in [5.41, 5.74) is 5.02. The maximum Gasteiger partial charge on any atom is 0.262 e. The van der Waals surface area contributed by atoms with Gasteiger partial charge in [0.05, 0.1) is 10.6 Å². The van der Waals surface area contributed by atoms with E-state index in [1.54, 1.807) is 49.6 Å². The highest BCUT2D eigenvalue weighted by Crippen LogP contribution is 2.26. The van der Waals surface area contributed by atoms with E-state index in [9.17, 15) is 8.42 Å². The molecular weight excluding hydrogens is 438 g/mol. The highest BCUT2D eigenvalue weighted by Gasteiger charge is 2.18. The fraction of sp³-hybridized carbons (Fsp3) is 0.208. The molecule has 0 aliphatic rings. The number of nitrogens with zero attached hydrogens (tertiary/aromatic N) is 4. The summed E-state index contributed by atoms with van der Waals surface area (Å²) in [5, 5.41) is 0. The van der Waals surface area contributed by atoms with Gasteiger partial charge in [-0.25, -0.2) is 23.4 Å². The van der Waals surface area contributed by atoms with Gasteiger partial charge in [-0.05, 0) is 81.6 Å². The molecule has 2 aromatic heterocycles. The molecule has 0 saturated heterocycles. The summed E-state index contributed by atoms with van der Waals surface area (Å²) in [5.74, 6) is 1.53. The largest absolute Gasteiger partial charge is 0.439 e. The van der Waals surface area contributed by atoms with Gasteiger partial charge in [0.25, 0.3) is 10.0 Å². The van der Waals surface area contributed by atoms with Gasteiger partial charge in [0.1, 0.15) is 24.2 Å². The Kier molecular flexibility index (Phi) is 5.90. The number of ether oxygens (including phenoxy) is 1. The third-order valence-electron chi connectivity index (χ3n) is 5.54. The highest BCUT2D eigenvalue weighted by molar-refractivity contribution is 7.92. The van der Waals surface area contributed by atoms with E-state index in [-0.39, 0.29) is 4.90 Å². The molecule has 2 aromatic carbocycles. The Bertz CT molecular complexity index is 1430. The van der Waals surface area contributed by atoms with Crippen LogP contribution in [0, 0.1) is 34.6 Å². The molecule has 1 N–H and O–H groups in total. The summed E-state index contributed by atoms with van der Waals surface area (Å²) < 4.78 is 36.1. The lowest BCUT2D eigenvalue weighted by Gasteiger charge is -2.13. The average molecular weight is 464 g/mol. The van der Waals surface area contributed by atoms with Gasteiger partial charge in [-0.3, -0.25) is 9.29 Å². The van der Waals surface area contributed by atoms with Gasteiger partial charge in [-0.15, -0.1) is 0 Å². The van der Waals surface area contributed by atoms with Gasteiger partial charge >= 0.3 is 0 Å². The Morgan fingerprint density at radius 1 is 0.848 bits per heavy atom. The second-order valence-corrected chi connectivity index (χ2v) is 9.58. The standard InChI is InChI=1S/C24H25N5O3S/c1-15-10-17(3)22(11-16(15)2)33(30,31)28-20-6-8-21(9-7-20)32-24-12-23(25-13-26-24)29-14-27-18(4)19(29)5/h6-14,28H,1-5H3. The van der Waals surface area contributed by atoms with Crippen LogP contribution in [0.1, 0.15) is 28.1 Å². The predicted octanol–water partition coefficient (Wildman–Crippen LogP) is 4.80. The van der Waals surface area contributed by atoms with Crippen LogP contribution in [0.4, 0.5) is 5.69 Å². The molecule has 4 aromatic rings. The van der Waals surface area contributed by atoms with Crippen molar-refractivity contribution in [1.82, 2.24) is 19.5 Å². The van der Waals surface area contributed by atoms with Gasteiger partial charge in [0, 0.05) is 17.4 Å². The van der Waals surface area contributed by atoms with Gasteiger partial charge < -0.3 is 4.74 Å². The fourth-order valence-corrected chi connectivity index (χ4v) is 4.76. The van der Waals surface area contributed by atoms with Crippen LogP contribution in [0.5, 0.6) is 11.6 Å². The van der Waals surface area contributed by atoms with E-state index in [1.165, 1.54) is 6.33 Å². The zero-order chi connectivity index (χ0) is 23.8. The summed E-state index contributed by atoms with van der Waals surface area (Å²) in [6.45, 7) is 9.54. The third-order valence-corrected chi connectivity index (χ3v) is 7.06. The van der Waals surface area contributed by atoms with Crippen molar-refractivity contribution in [2.75, 3.05) is 4.72 Å². The molecule has 33 heavy (non-hydrogen) atoms. The molecule has 0 spiro atoms. The minimum atomic E-state index is -3.71. The highest BCUT2D eigenvalue weighted by atomic mass is 32.2. The number of benzene rings is 2. The van der Waals surface area contributed by atoms with E-state index in [1.807, 2.05) is 38.3 Å². The minimum absolute atomic E-state index is 0.268. The molecule has 9 heteroatoms. The molecule has 0 saturated carbocycles. The number of anilines is 1. The lowest BCUT2D eigenvalue weighted by Crippen LogP contribution is -2.14. The summed E-state index contributed by atoms with van der Waals surface area (Å²) in [7, 11) is -3.71. The third kappa shape index (κ3) is 4.73. The normalized spacial score (nSPS) is 11.4. The first-order chi connectivity index (χ1) is 15.6. The maximum atomic E-state index is 12.9. The van der Waals surface area contributed by atoms with E-state index < -0.39 is 10.0 Å². The summed E-state index contributed by atoms with van der Waals surface area (Å²) >= 11 is 0. The minimum Gasteiger partial charge on any atom is -0.439 e. The SMILES string of the molecule is Cc1cc(C)c(S(=O)(=O)Nc2ccc(Oc3cc(-n4cnc(C)c4C)ncn3)cc2)cc1C. The molecule has 0 bridgehead atoms. The van der Waals surface area contributed by atoms with Crippen LogP contribution in [0.15, 0.2) is 60.0 Å². The Morgan fingerprint density at radius 2 is 1.55 bits per heavy atom. The Morgan fingerprint density at radius 3 is 2.21 bits per heavy atom. The maximum absolute atomic E-state index is 12.9. The lowest BCUT2D eigenvalue weighted by atomic mass is 10.1. The molecule has 0 aliphatic heterocycles.